The summed E-state index contributed by atoms with van der Waals surface area (Å²) in [5.74, 6) is 1.24. The highest BCUT2D eigenvalue weighted by molar-refractivity contribution is 9.10. The van der Waals surface area contributed by atoms with E-state index in [0.717, 1.165) is 4.47 Å². The van der Waals surface area contributed by atoms with Crippen molar-refractivity contribution in [1.29, 1.82) is 0 Å². The van der Waals surface area contributed by atoms with E-state index in [-0.39, 0.29) is 5.75 Å². The number of nitrogens with two attached hydrogens (primary N) is 1. The van der Waals surface area contributed by atoms with Gasteiger partial charge in [0, 0.05) is 22.4 Å². The van der Waals surface area contributed by atoms with Crippen LogP contribution >= 0.6 is 15.9 Å². The molecule has 5 nitrogen and oxygen atoms in total. The van der Waals surface area contributed by atoms with E-state index in [0.29, 0.717) is 27.8 Å². The lowest BCUT2D eigenvalue weighted by molar-refractivity contribution is 0.350. The van der Waals surface area contributed by atoms with Crippen LogP contribution in [0, 0.1) is 0 Å². The van der Waals surface area contributed by atoms with Crippen LogP contribution in [0.2, 0.25) is 0 Å². The molecule has 0 spiro atoms. The zero-order chi connectivity index (χ0) is 15.4. The van der Waals surface area contributed by atoms with Crippen LogP contribution in [0.1, 0.15) is 5.69 Å². The fourth-order valence-electron chi connectivity index (χ4n) is 1.86. The van der Waals surface area contributed by atoms with Gasteiger partial charge in [0.25, 0.3) is 0 Å². The number of halogens is 1. The zero-order valence-corrected chi connectivity index (χ0v) is 14.0. The summed E-state index contributed by atoms with van der Waals surface area (Å²) < 4.78 is 23.9. The van der Waals surface area contributed by atoms with Crippen molar-refractivity contribution in [3.05, 3.63) is 40.6 Å². The lowest BCUT2D eigenvalue weighted by Gasteiger charge is -2.12. The Morgan fingerprint density at radius 3 is 2.71 bits per heavy atom. The molecule has 0 aliphatic rings. The molecule has 112 valence electrons. The van der Waals surface area contributed by atoms with Gasteiger partial charge in [-0.05, 0) is 18.2 Å². The maximum Gasteiger partial charge on any atom is 0.183 e. The number of rotatable bonds is 5. The van der Waals surface area contributed by atoms with E-state index in [1.165, 1.54) is 7.11 Å². The topological polar surface area (TPSA) is 74.4 Å². The lowest BCUT2D eigenvalue weighted by Crippen LogP contribution is -2.05. The number of aromatic nitrogens is 1. The molecule has 1 heterocycles. The van der Waals surface area contributed by atoms with Crippen LogP contribution in [0.3, 0.4) is 0 Å². The molecule has 0 aliphatic carbocycles. The van der Waals surface area contributed by atoms with Gasteiger partial charge < -0.3 is 15.2 Å². The molecule has 1 atom stereocenters. The summed E-state index contributed by atoms with van der Waals surface area (Å²) in [7, 11) is 1.74. The fourth-order valence-corrected chi connectivity index (χ4v) is 3.57. The van der Waals surface area contributed by atoms with Crippen LogP contribution in [-0.4, -0.2) is 23.4 Å². The second kappa shape index (κ2) is 6.91. The minimum atomic E-state index is -1.33. The van der Waals surface area contributed by atoms with Crippen molar-refractivity contribution in [2.75, 3.05) is 20.0 Å². The molecule has 2 aromatic rings. The molecule has 2 N–H and O–H groups in total. The molecule has 21 heavy (non-hydrogen) atoms. The summed E-state index contributed by atoms with van der Waals surface area (Å²) in [5.41, 5.74) is 6.93. The van der Waals surface area contributed by atoms with Crippen LogP contribution in [0.15, 0.2) is 39.8 Å². The Kier molecular flexibility index (Phi) is 5.19. The van der Waals surface area contributed by atoms with E-state index in [1.807, 2.05) is 0 Å². The molecular formula is C14H15BrN2O3S. The first kappa shape index (κ1) is 15.8. The van der Waals surface area contributed by atoms with Crippen molar-refractivity contribution in [1.82, 2.24) is 4.98 Å². The molecule has 0 saturated carbocycles. The molecule has 0 radical (unpaired) electrons. The van der Waals surface area contributed by atoms with Gasteiger partial charge in [-0.25, -0.2) is 0 Å². The van der Waals surface area contributed by atoms with Crippen molar-refractivity contribution in [2.24, 2.45) is 0 Å². The third-order valence-electron chi connectivity index (χ3n) is 2.85. The first-order valence-corrected chi connectivity index (χ1v) is 8.17. The van der Waals surface area contributed by atoms with E-state index >= 15 is 0 Å². The highest BCUT2D eigenvalue weighted by Crippen LogP contribution is 2.31. The summed E-state index contributed by atoms with van der Waals surface area (Å²) in [6.45, 7) is 0. The SMILES string of the molecule is COc1ccnc(CS(=O)c2cc(Br)ccc2N)c1OC. The van der Waals surface area contributed by atoms with E-state index in [9.17, 15) is 4.21 Å². The maximum absolute atomic E-state index is 12.5. The molecule has 0 aliphatic heterocycles. The third-order valence-corrected chi connectivity index (χ3v) is 4.73. The Morgan fingerprint density at radius 1 is 1.29 bits per heavy atom. The summed E-state index contributed by atoms with van der Waals surface area (Å²) >= 11 is 3.35. The Morgan fingerprint density at radius 2 is 2.05 bits per heavy atom. The van der Waals surface area contributed by atoms with Crippen molar-refractivity contribution < 1.29 is 13.7 Å². The predicted octanol–water partition coefficient (Wildman–Crippen LogP) is 2.75. The molecule has 0 amide bonds. The van der Waals surface area contributed by atoms with Crippen molar-refractivity contribution in [3.8, 4) is 11.5 Å². The molecule has 7 heteroatoms. The number of benzene rings is 1. The number of anilines is 1. The first-order valence-electron chi connectivity index (χ1n) is 6.06. The van der Waals surface area contributed by atoms with Gasteiger partial charge in [-0.15, -0.1) is 0 Å². The van der Waals surface area contributed by atoms with Gasteiger partial charge in [0.2, 0.25) is 0 Å². The molecular weight excluding hydrogens is 356 g/mol. The number of hydrogen-bond acceptors (Lipinski definition) is 5. The van der Waals surface area contributed by atoms with Gasteiger partial charge in [-0.2, -0.15) is 0 Å². The van der Waals surface area contributed by atoms with Gasteiger partial charge in [0.05, 0.1) is 41.4 Å². The van der Waals surface area contributed by atoms with Crippen molar-refractivity contribution in [3.63, 3.8) is 0 Å². The lowest BCUT2D eigenvalue weighted by atomic mass is 10.3. The van der Waals surface area contributed by atoms with E-state index < -0.39 is 10.8 Å². The highest BCUT2D eigenvalue weighted by Gasteiger charge is 2.16. The number of hydrogen-bond donors (Lipinski definition) is 1. The van der Waals surface area contributed by atoms with Gasteiger partial charge >= 0.3 is 0 Å². The first-order chi connectivity index (χ1) is 10.1. The normalized spacial score (nSPS) is 12.0. The Balaban J connectivity index is 2.34. The largest absolute Gasteiger partial charge is 0.493 e. The van der Waals surface area contributed by atoms with E-state index in [2.05, 4.69) is 20.9 Å². The number of ether oxygens (including phenoxy) is 2. The smallest absolute Gasteiger partial charge is 0.183 e. The highest BCUT2D eigenvalue weighted by atomic mass is 79.9. The van der Waals surface area contributed by atoms with Crippen molar-refractivity contribution in [2.45, 2.75) is 10.6 Å². The van der Waals surface area contributed by atoms with Crippen molar-refractivity contribution >= 4 is 32.4 Å². The molecule has 0 bridgehead atoms. The molecule has 1 unspecified atom stereocenters. The Bertz CT molecular complexity index is 679. The number of pyridine rings is 1. The van der Waals surface area contributed by atoms with E-state index in [4.69, 9.17) is 15.2 Å². The summed E-state index contributed by atoms with van der Waals surface area (Å²) in [6.07, 6.45) is 1.60. The van der Waals surface area contributed by atoms with Gasteiger partial charge in [0.15, 0.2) is 11.5 Å². The van der Waals surface area contributed by atoms with Gasteiger partial charge in [-0.1, -0.05) is 15.9 Å². The third kappa shape index (κ3) is 3.54. The van der Waals surface area contributed by atoms with Crippen LogP contribution in [0.4, 0.5) is 5.69 Å². The average molecular weight is 371 g/mol. The fraction of sp³-hybridized carbons (Fsp3) is 0.214. The maximum atomic E-state index is 12.5. The minimum absolute atomic E-state index is 0.195. The predicted molar refractivity (Wildman–Crippen MR) is 86.0 cm³/mol. The number of nitrogens with zero attached hydrogens (tertiary/aromatic N) is 1. The average Bonchev–Trinajstić information content (AvgIpc) is 2.49. The van der Waals surface area contributed by atoms with Crippen LogP contribution in [0.25, 0.3) is 0 Å². The van der Waals surface area contributed by atoms with Crippen LogP contribution in [0.5, 0.6) is 11.5 Å². The second-order valence-corrected chi connectivity index (χ2v) is 6.50. The second-order valence-electron chi connectivity index (χ2n) is 4.17. The van der Waals surface area contributed by atoms with Gasteiger partial charge in [0.1, 0.15) is 0 Å². The van der Waals surface area contributed by atoms with E-state index in [1.54, 1.807) is 37.6 Å². The van der Waals surface area contributed by atoms with Gasteiger partial charge in [-0.3, -0.25) is 9.19 Å². The summed E-state index contributed by atoms with van der Waals surface area (Å²) in [6, 6.07) is 6.96. The monoisotopic (exact) mass is 370 g/mol. The molecule has 1 aromatic heterocycles. The van der Waals surface area contributed by atoms with Crippen LogP contribution < -0.4 is 15.2 Å². The molecule has 1 aromatic carbocycles. The standard InChI is InChI=1S/C14H15BrN2O3S/c1-19-12-5-6-17-11(14(12)20-2)8-21(18)13-7-9(15)3-4-10(13)16/h3-7H,8,16H2,1-2H3. The minimum Gasteiger partial charge on any atom is -0.493 e. The molecule has 0 saturated heterocycles. The summed E-state index contributed by atoms with van der Waals surface area (Å²) in [5, 5.41) is 0. The zero-order valence-electron chi connectivity index (χ0n) is 11.6. The molecule has 2 rings (SSSR count). The Labute approximate surface area is 134 Å². The summed E-state index contributed by atoms with van der Waals surface area (Å²) in [4.78, 5) is 4.79. The number of methoxy groups -OCH3 is 2. The van der Waals surface area contributed by atoms with Crippen LogP contribution in [-0.2, 0) is 16.6 Å². The quantitative estimate of drug-likeness (QED) is 0.819. The molecule has 0 fully saturated rings. The number of nitrogen functional groups attached to an aromatic ring is 1. The Hall–Kier alpha value is -1.60.